The van der Waals surface area contributed by atoms with Crippen molar-refractivity contribution in [3.63, 3.8) is 0 Å². The summed E-state index contributed by atoms with van der Waals surface area (Å²) in [6.07, 6.45) is 2.17. The van der Waals surface area contributed by atoms with E-state index in [0.717, 1.165) is 35.1 Å². The zero-order valence-electron chi connectivity index (χ0n) is 12.0. The van der Waals surface area contributed by atoms with Crippen molar-refractivity contribution < 1.29 is 9.53 Å². The Balaban J connectivity index is 2.18. The maximum absolute atomic E-state index is 10.3. The second-order valence-corrected chi connectivity index (χ2v) is 4.70. The topological polar surface area (TPSA) is 69.9 Å². The van der Waals surface area contributed by atoms with Crippen LogP contribution in [0.2, 0.25) is 0 Å². The van der Waals surface area contributed by atoms with Crippen LogP contribution in [0.25, 0.3) is 11.4 Å². The zero-order chi connectivity index (χ0) is 14.5. The number of nitrogens with zero attached hydrogens (tertiary/aromatic N) is 4. The van der Waals surface area contributed by atoms with Gasteiger partial charge >= 0.3 is 0 Å². The number of hydrogen-bond donors (Lipinski definition) is 0. The van der Waals surface area contributed by atoms with Crippen molar-refractivity contribution in [1.29, 1.82) is 0 Å². The Morgan fingerprint density at radius 3 is 2.55 bits per heavy atom. The molecular weight excluding hydrogens is 256 g/mol. The van der Waals surface area contributed by atoms with Crippen LogP contribution in [0.15, 0.2) is 12.1 Å². The van der Waals surface area contributed by atoms with Crippen molar-refractivity contribution in [3.05, 3.63) is 23.3 Å². The van der Waals surface area contributed by atoms with E-state index < -0.39 is 0 Å². The number of aryl methyl sites for hydroxylation is 3. The predicted octanol–water partition coefficient (Wildman–Crippen LogP) is 1.85. The van der Waals surface area contributed by atoms with E-state index in [0.29, 0.717) is 18.9 Å². The lowest BCUT2D eigenvalue weighted by Crippen LogP contribution is -2.01. The van der Waals surface area contributed by atoms with Gasteiger partial charge in [-0.3, -0.25) is 0 Å². The minimum absolute atomic E-state index is 0.527. The minimum atomic E-state index is 0.527. The van der Waals surface area contributed by atoms with E-state index in [9.17, 15) is 4.79 Å². The van der Waals surface area contributed by atoms with Gasteiger partial charge in [0, 0.05) is 12.0 Å². The Kier molecular flexibility index (Phi) is 4.45. The number of carbonyl (C=O) groups excluding carboxylic acids is 1. The van der Waals surface area contributed by atoms with Crippen molar-refractivity contribution in [1.82, 2.24) is 20.2 Å². The number of aromatic nitrogens is 4. The van der Waals surface area contributed by atoms with Crippen LogP contribution in [0.5, 0.6) is 5.75 Å². The van der Waals surface area contributed by atoms with Crippen LogP contribution in [0.3, 0.4) is 0 Å². The standard InChI is InChI=1S/C14H18N4O2/c1-10-8-12(14-15-17-18(3)16-14)9-11(2)13(10)20-7-5-4-6-19/h6,8-9H,4-5,7H2,1-3H3. The molecule has 0 unspecified atom stereocenters. The lowest BCUT2D eigenvalue weighted by Gasteiger charge is -2.12. The van der Waals surface area contributed by atoms with Crippen LogP contribution in [-0.2, 0) is 11.8 Å². The third-order valence-corrected chi connectivity index (χ3v) is 2.94. The summed E-state index contributed by atoms with van der Waals surface area (Å²) in [4.78, 5) is 11.7. The molecule has 0 saturated heterocycles. The second kappa shape index (κ2) is 6.27. The highest BCUT2D eigenvalue weighted by molar-refractivity contribution is 5.60. The Labute approximate surface area is 117 Å². The lowest BCUT2D eigenvalue weighted by molar-refractivity contribution is -0.108. The molecule has 106 valence electrons. The fraction of sp³-hybridized carbons (Fsp3) is 0.429. The van der Waals surface area contributed by atoms with Crippen molar-refractivity contribution in [2.24, 2.45) is 7.05 Å². The highest BCUT2D eigenvalue weighted by Crippen LogP contribution is 2.28. The first-order chi connectivity index (χ1) is 9.61. The molecule has 0 saturated carbocycles. The van der Waals surface area contributed by atoms with Gasteiger partial charge in [-0.15, -0.1) is 10.2 Å². The number of ether oxygens (including phenoxy) is 1. The Hall–Kier alpha value is -2.24. The Bertz CT molecular complexity index is 584. The average molecular weight is 274 g/mol. The van der Waals surface area contributed by atoms with Crippen molar-refractivity contribution >= 4 is 6.29 Å². The summed E-state index contributed by atoms with van der Waals surface area (Å²) in [5.74, 6) is 1.47. The first-order valence-corrected chi connectivity index (χ1v) is 6.54. The van der Waals surface area contributed by atoms with E-state index in [-0.39, 0.29) is 0 Å². The van der Waals surface area contributed by atoms with Gasteiger partial charge < -0.3 is 9.53 Å². The molecule has 1 aromatic heterocycles. The van der Waals surface area contributed by atoms with E-state index in [1.54, 1.807) is 7.05 Å². The Morgan fingerprint density at radius 2 is 2.00 bits per heavy atom. The van der Waals surface area contributed by atoms with Crippen LogP contribution in [-0.4, -0.2) is 33.1 Å². The van der Waals surface area contributed by atoms with E-state index in [2.05, 4.69) is 15.4 Å². The molecule has 0 radical (unpaired) electrons. The summed E-state index contributed by atoms with van der Waals surface area (Å²) >= 11 is 0. The first kappa shape index (κ1) is 14.2. The highest BCUT2D eigenvalue weighted by atomic mass is 16.5. The molecule has 6 heteroatoms. The molecule has 0 atom stereocenters. The molecule has 0 aliphatic carbocycles. The van der Waals surface area contributed by atoms with Gasteiger partial charge in [-0.1, -0.05) is 0 Å². The number of tetrazole rings is 1. The van der Waals surface area contributed by atoms with Gasteiger partial charge in [-0.2, -0.15) is 4.80 Å². The molecule has 0 spiro atoms. The van der Waals surface area contributed by atoms with Gasteiger partial charge in [0.1, 0.15) is 12.0 Å². The molecule has 0 bridgehead atoms. The van der Waals surface area contributed by atoms with Gasteiger partial charge in [-0.05, 0) is 48.7 Å². The van der Waals surface area contributed by atoms with Crippen molar-refractivity contribution in [3.8, 4) is 17.1 Å². The van der Waals surface area contributed by atoms with Gasteiger partial charge in [0.15, 0.2) is 0 Å². The summed E-state index contributed by atoms with van der Waals surface area (Å²) in [5, 5.41) is 12.0. The van der Waals surface area contributed by atoms with E-state index in [4.69, 9.17) is 4.74 Å². The molecule has 20 heavy (non-hydrogen) atoms. The molecular formula is C14H18N4O2. The van der Waals surface area contributed by atoms with E-state index in [1.807, 2.05) is 26.0 Å². The molecule has 0 N–H and O–H groups in total. The van der Waals surface area contributed by atoms with E-state index in [1.165, 1.54) is 4.80 Å². The van der Waals surface area contributed by atoms with E-state index >= 15 is 0 Å². The lowest BCUT2D eigenvalue weighted by atomic mass is 10.1. The van der Waals surface area contributed by atoms with Crippen LogP contribution in [0, 0.1) is 13.8 Å². The quantitative estimate of drug-likeness (QED) is 0.594. The molecule has 2 aromatic rings. The predicted molar refractivity (Wildman–Crippen MR) is 74.5 cm³/mol. The zero-order valence-corrected chi connectivity index (χ0v) is 12.0. The minimum Gasteiger partial charge on any atom is -0.493 e. The highest BCUT2D eigenvalue weighted by Gasteiger charge is 2.11. The largest absolute Gasteiger partial charge is 0.493 e. The average Bonchev–Trinajstić information content (AvgIpc) is 2.83. The number of rotatable bonds is 6. The fourth-order valence-corrected chi connectivity index (χ4v) is 2.05. The van der Waals surface area contributed by atoms with Gasteiger partial charge in [0.2, 0.25) is 5.82 Å². The van der Waals surface area contributed by atoms with Gasteiger partial charge in [0.25, 0.3) is 0 Å². The third kappa shape index (κ3) is 3.20. The third-order valence-electron chi connectivity index (χ3n) is 2.94. The smallest absolute Gasteiger partial charge is 0.204 e. The van der Waals surface area contributed by atoms with Crippen LogP contribution in [0.4, 0.5) is 0 Å². The van der Waals surface area contributed by atoms with Crippen LogP contribution >= 0.6 is 0 Å². The summed E-state index contributed by atoms with van der Waals surface area (Å²) < 4.78 is 5.75. The molecule has 0 fully saturated rings. The van der Waals surface area contributed by atoms with Crippen LogP contribution < -0.4 is 4.74 Å². The number of hydrogen-bond acceptors (Lipinski definition) is 5. The summed E-state index contributed by atoms with van der Waals surface area (Å²) in [6.45, 7) is 4.52. The fourth-order valence-electron chi connectivity index (χ4n) is 2.05. The monoisotopic (exact) mass is 274 g/mol. The normalized spacial score (nSPS) is 10.6. The van der Waals surface area contributed by atoms with Gasteiger partial charge in [-0.25, -0.2) is 0 Å². The number of unbranched alkanes of at least 4 members (excludes halogenated alkanes) is 1. The maximum atomic E-state index is 10.3. The van der Waals surface area contributed by atoms with Crippen molar-refractivity contribution in [2.45, 2.75) is 26.7 Å². The molecule has 0 amide bonds. The molecule has 6 nitrogen and oxygen atoms in total. The maximum Gasteiger partial charge on any atom is 0.204 e. The van der Waals surface area contributed by atoms with Crippen LogP contribution in [0.1, 0.15) is 24.0 Å². The summed E-state index contributed by atoms with van der Waals surface area (Å²) in [5.41, 5.74) is 2.98. The summed E-state index contributed by atoms with van der Waals surface area (Å²) in [6, 6.07) is 3.97. The molecule has 1 heterocycles. The summed E-state index contributed by atoms with van der Waals surface area (Å²) in [7, 11) is 1.74. The van der Waals surface area contributed by atoms with Gasteiger partial charge in [0.05, 0.1) is 13.7 Å². The first-order valence-electron chi connectivity index (χ1n) is 6.54. The molecule has 1 aromatic carbocycles. The van der Waals surface area contributed by atoms with Crippen molar-refractivity contribution in [2.75, 3.05) is 6.61 Å². The SMILES string of the molecule is Cc1cc(-c2nnn(C)n2)cc(C)c1OCCCC=O. The Morgan fingerprint density at radius 1 is 1.30 bits per heavy atom. The number of aldehydes is 1. The number of benzene rings is 1. The number of carbonyl (C=O) groups is 1. The molecule has 0 aliphatic rings. The second-order valence-electron chi connectivity index (χ2n) is 4.70. The molecule has 0 aliphatic heterocycles. The molecule has 2 rings (SSSR count).